The van der Waals surface area contributed by atoms with Gasteiger partial charge in [-0.1, -0.05) is 12.1 Å². The molecule has 3 aromatic rings. The molecule has 0 radical (unpaired) electrons. The van der Waals surface area contributed by atoms with Crippen molar-refractivity contribution in [3.05, 3.63) is 58.2 Å². The van der Waals surface area contributed by atoms with E-state index in [1.165, 1.54) is 10.9 Å². The Morgan fingerprint density at radius 3 is 2.71 bits per heavy atom. The van der Waals surface area contributed by atoms with Crippen molar-refractivity contribution < 1.29 is 0 Å². The van der Waals surface area contributed by atoms with Gasteiger partial charge in [0.25, 0.3) is 0 Å². The molecule has 4 heteroatoms. The lowest BCUT2D eigenvalue weighted by Crippen LogP contribution is -2.28. The number of fused-ring (bicyclic) bond motifs is 1. The third-order valence-electron chi connectivity index (χ3n) is 3.38. The van der Waals surface area contributed by atoms with E-state index in [2.05, 4.69) is 59.5 Å². The molecule has 1 aromatic carbocycles. The molecule has 3 rings (SSSR count). The van der Waals surface area contributed by atoms with Crippen LogP contribution in [0.5, 0.6) is 0 Å². The molecule has 0 bridgehead atoms. The van der Waals surface area contributed by atoms with Gasteiger partial charge in [0, 0.05) is 28.7 Å². The van der Waals surface area contributed by atoms with Crippen LogP contribution in [0.25, 0.3) is 10.9 Å². The van der Waals surface area contributed by atoms with E-state index in [-0.39, 0.29) is 6.04 Å². The molecule has 1 N–H and O–H groups in total. The first-order valence-electron chi connectivity index (χ1n) is 7.16. The number of nitrogens with zero attached hydrogens (tertiary/aromatic N) is 2. The van der Waals surface area contributed by atoms with Crippen molar-refractivity contribution >= 4 is 22.2 Å². The molecule has 2 heterocycles. The summed E-state index contributed by atoms with van der Waals surface area (Å²) in [6.45, 7) is 6.34. The van der Waals surface area contributed by atoms with Crippen LogP contribution in [0.3, 0.4) is 0 Å². The van der Waals surface area contributed by atoms with Crippen molar-refractivity contribution in [2.75, 3.05) is 0 Å². The Balaban J connectivity index is 2.04. The monoisotopic (exact) mass is 297 g/mol. The highest BCUT2D eigenvalue weighted by Crippen LogP contribution is 2.27. The van der Waals surface area contributed by atoms with Crippen molar-refractivity contribution in [3.63, 3.8) is 0 Å². The standard InChI is InChI=1S/C17H19N3S/c1-11(2)19-16(17-18-8-9-21-17)14-6-7-15-13(10-14)5-4-12(3)20-15/h4-11,16,19H,1-3H3. The topological polar surface area (TPSA) is 37.8 Å². The number of aromatic nitrogens is 2. The fourth-order valence-electron chi connectivity index (χ4n) is 2.45. The highest BCUT2D eigenvalue weighted by atomic mass is 32.1. The summed E-state index contributed by atoms with van der Waals surface area (Å²) in [6, 6.07) is 11.2. The van der Waals surface area contributed by atoms with Crippen LogP contribution in [0.15, 0.2) is 41.9 Å². The summed E-state index contributed by atoms with van der Waals surface area (Å²) >= 11 is 1.69. The third kappa shape index (κ3) is 3.12. The molecule has 0 saturated carbocycles. The maximum atomic E-state index is 4.57. The maximum Gasteiger partial charge on any atom is 0.114 e. The van der Waals surface area contributed by atoms with Gasteiger partial charge in [-0.25, -0.2) is 4.98 Å². The first kappa shape index (κ1) is 14.2. The van der Waals surface area contributed by atoms with Gasteiger partial charge in [0.05, 0.1) is 11.6 Å². The van der Waals surface area contributed by atoms with E-state index < -0.39 is 0 Å². The van der Waals surface area contributed by atoms with E-state index in [0.717, 1.165) is 16.2 Å². The summed E-state index contributed by atoms with van der Waals surface area (Å²) in [4.78, 5) is 9.05. The van der Waals surface area contributed by atoms with Crippen molar-refractivity contribution in [1.82, 2.24) is 15.3 Å². The number of pyridine rings is 1. The van der Waals surface area contributed by atoms with Crippen molar-refractivity contribution in [2.45, 2.75) is 32.9 Å². The molecule has 0 amide bonds. The van der Waals surface area contributed by atoms with Crippen LogP contribution in [0, 0.1) is 6.92 Å². The highest BCUT2D eigenvalue weighted by Gasteiger charge is 2.17. The molecule has 0 spiro atoms. The minimum atomic E-state index is 0.135. The Morgan fingerprint density at radius 2 is 2.00 bits per heavy atom. The van der Waals surface area contributed by atoms with E-state index in [1.54, 1.807) is 11.3 Å². The van der Waals surface area contributed by atoms with Gasteiger partial charge in [-0.05, 0) is 44.5 Å². The number of hydrogen-bond acceptors (Lipinski definition) is 4. The van der Waals surface area contributed by atoms with Crippen molar-refractivity contribution in [3.8, 4) is 0 Å². The fraction of sp³-hybridized carbons (Fsp3) is 0.294. The lowest BCUT2D eigenvalue weighted by molar-refractivity contribution is 0.527. The first-order chi connectivity index (χ1) is 10.1. The Kier molecular flexibility index (Phi) is 3.99. The summed E-state index contributed by atoms with van der Waals surface area (Å²) in [7, 11) is 0. The van der Waals surface area contributed by atoms with E-state index in [4.69, 9.17) is 0 Å². The smallest absolute Gasteiger partial charge is 0.114 e. The quantitative estimate of drug-likeness (QED) is 0.788. The van der Waals surface area contributed by atoms with Crippen LogP contribution < -0.4 is 5.32 Å². The number of hydrogen-bond donors (Lipinski definition) is 1. The van der Waals surface area contributed by atoms with E-state index in [0.29, 0.717) is 6.04 Å². The van der Waals surface area contributed by atoms with Crippen LogP contribution >= 0.6 is 11.3 Å². The molecule has 0 saturated heterocycles. The number of nitrogens with one attached hydrogen (secondary N) is 1. The first-order valence-corrected chi connectivity index (χ1v) is 8.04. The van der Waals surface area contributed by atoms with Gasteiger partial charge in [0.2, 0.25) is 0 Å². The molecule has 21 heavy (non-hydrogen) atoms. The third-order valence-corrected chi connectivity index (χ3v) is 4.22. The SMILES string of the molecule is Cc1ccc2cc(C(NC(C)C)c3nccs3)ccc2n1. The predicted octanol–water partition coefficient (Wildman–Crippen LogP) is 4.09. The van der Waals surface area contributed by atoms with E-state index in [9.17, 15) is 0 Å². The van der Waals surface area contributed by atoms with Crippen molar-refractivity contribution in [1.29, 1.82) is 0 Å². The Bertz CT molecular complexity index is 735. The highest BCUT2D eigenvalue weighted by molar-refractivity contribution is 7.09. The van der Waals surface area contributed by atoms with Gasteiger partial charge >= 0.3 is 0 Å². The van der Waals surface area contributed by atoms with Gasteiger partial charge in [0.15, 0.2) is 0 Å². The lowest BCUT2D eigenvalue weighted by atomic mass is 10.0. The van der Waals surface area contributed by atoms with Gasteiger partial charge in [0.1, 0.15) is 5.01 Å². The average Bonchev–Trinajstić information content (AvgIpc) is 2.98. The van der Waals surface area contributed by atoms with Gasteiger partial charge in [-0.15, -0.1) is 11.3 Å². The molecule has 0 aliphatic carbocycles. The van der Waals surface area contributed by atoms with Crippen LogP contribution in [0.1, 0.15) is 36.2 Å². The van der Waals surface area contributed by atoms with Crippen LogP contribution in [-0.2, 0) is 0 Å². The maximum absolute atomic E-state index is 4.57. The summed E-state index contributed by atoms with van der Waals surface area (Å²) in [5.41, 5.74) is 3.32. The van der Waals surface area contributed by atoms with Crippen LogP contribution in [0.2, 0.25) is 0 Å². The van der Waals surface area contributed by atoms with E-state index >= 15 is 0 Å². The Hall–Kier alpha value is -1.78. The second kappa shape index (κ2) is 5.92. The van der Waals surface area contributed by atoms with Gasteiger partial charge in [-0.3, -0.25) is 4.98 Å². The summed E-state index contributed by atoms with van der Waals surface area (Å²) in [5, 5.41) is 7.90. The van der Waals surface area contributed by atoms with Crippen LogP contribution in [0.4, 0.5) is 0 Å². The van der Waals surface area contributed by atoms with Gasteiger partial charge in [-0.2, -0.15) is 0 Å². The average molecular weight is 297 g/mol. The largest absolute Gasteiger partial charge is 0.302 e. The predicted molar refractivity (Wildman–Crippen MR) is 88.7 cm³/mol. The van der Waals surface area contributed by atoms with Gasteiger partial charge < -0.3 is 5.32 Å². The lowest BCUT2D eigenvalue weighted by Gasteiger charge is -2.20. The summed E-state index contributed by atoms with van der Waals surface area (Å²) in [5.74, 6) is 0. The number of benzene rings is 1. The van der Waals surface area contributed by atoms with Crippen molar-refractivity contribution in [2.24, 2.45) is 0 Å². The molecule has 0 aliphatic heterocycles. The summed E-state index contributed by atoms with van der Waals surface area (Å²) < 4.78 is 0. The summed E-state index contributed by atoms with van der Waals surface area (Å²) in [6.07, 6.45) is 1.86. The van der Waals surface area contributed by atoms with E-state index in [1.807, 2.05) is 18.5 Å². The second-order valence-electron chi connectivity index (χ2n) is 5.53. The number of thiazole rings is 1. The zero-order chi connectivity index (χ0) is 14.8. The molecular formula is C17H19N3S. The normalized spacial score (nSPS) is 13.0. The van der Waals surface area contributed by atoms with Crippen LogP contribution in [-0.4, -0.2) is 16.0 Å². The molecular weight excluding hydrogens is 278 g/mol. The molecule has 1 unspecified atom stereocenters. The zero-order valence-corrected chi connectivity index (χ0v) is 13.3. The Morgan fingerprint density at radius 1 is 1.14 bits per heavy atom. The number of aryl methyl sites for hydroxylation is 1. The number of rotatable bonds is 4. The molecule has 3 nitrogen and oxygen atoms in total. The molecule has 1 atom stereocenters. The minimum absolute atomic E-state index is 0.135. The zero-order valence-electron chi connectivity index (χ0n) is 12.5. The molecule has 0 fully saturated rings. The second-order valence-corrected chi connectivity index (χ2v) is 6.46. The molecule has 0 aliphatic rings. The minimum Gasteiger partial charge on any atom is -0.302 e. The molecule has 108 valence electrons. The Labute approximate surface area is 129 Å². The fourth-order valence-corrected chi connectivity index (χ4v) is 3.17. The molecule has 2 aromatic heterocycles.